The maximum Gasteiger partial charge on any atom is 0.417 e. The highest BCUT2D eigenvalue weighted by molar-refractivity contribution is 7.18. The maximum absolute atomic E-state index is 13.8. The molecule has 150 valence electrons. The van der Waals surface area contributed by atoms with Gasteiger partial charge in [-0.1, -0.05) is 17.4 Å². The molecule has 4 N–H and O–H groups in total. The molecule has 0 saturated heterocycles. The summed E-state index contributed by atoms with van der Waals surface area (Å²) >= 11 is 7.45. The number of nitrogens with one attached hydrogen (secondary N) is 2. The molecule has 0 amide bonds. The lowest BCUT2D eigenvalue weighted by Crippen LogP contribution is -2.35. The molecule has 0 aliphatic heterocycles. The summed E-state index contributed by atoms with van der Waals surface area (Å²) in [5.74, 6) is -0.178. The topological polar surface area (TPSA) is 96.9 Å². The second kappa shape index (κ2) is 8.23. The van der Waals surface area contributed by atoms with Gasteiger partial charge >= 0.3 is 5.76 Å². The maximum atomic E-state index is 13.8. The van der Waals surface area contributed by atoms with E-state index in [2.05, 4.69) is 15.3 Å². The number of H-pyrrole nitrogens is 1. The first-order valence-corrected chi connectivity index (χ1v) is 10.6. The molecule has 4 atom stereocenters. The number of aromatic nitrogens is 2. The van der Waals surface area contributed by atoms with Gasteiger partial charge < -0.3 is 15.5 Å². The average molecular weight is 425 g/mol. The Hall–Kier alpha value is -1.90. The van der Waals surface area contributed by atoms with E-state index in [1.165, 1.54) is 11.3 Å². The third-order valence-electron chi connectivity index (χ3n) is 5.16. The van der Waals surface area contributed by atoms with Crippen molar-refractivity contribution in [3.63, 3.8) is 0 Å². The molecule has 0 radical (unpaired) electrons. The molecule has 6 nitrogen and oxygen atoms in total. The molecule has 3 aromatic rings. The molecular formula is C19H22ClFN4O2S. The number of alkyl halides is 2. The number of fused-ring (bicyclic) bond motifs is 1. The first kappa shape index (κ1) is 19.4. The molecule has 1 aliphatic carbocycles. The van der Waals surface area contributed by atoms with Gasteiger partial charge in [0.25, 0.3) is 0 Å². The molecule has 0 bridgehead atoms. The first-order valence-electron chi connectivity index (χ1n) is 9.34. The van der Waals surface area contributed by atoms with Crippen LogP contribution in [-0.2, 0) is 0 Å². The minimum atomic E-state index is -0.927. The van der Waals surface area contributed by atoms with E-state index in [1.807, 2.05) is 18.2 Å². The van der Waals surface area contributed by atoms with E-state index < -0.39 is 11.9 Å². The lowest BCUT2D eigenvalue weighted by molar-refractivity contribution is 0.191. The van der Waals surface area contributed by atoms with Crippen molar-refractivity contribution in [1.82, 2.24) is 9.97 Å². The summed E-state index contributed by atoms with van der Waals surface area (Å²) in [6.45, 7) is 0.580. The van der Waals surface area contributed by atoms with Gasteiger partial charge in [0, 0.05) is 18.8 Å². The van der Waals surface area contributed by atoms with Crippen LogP contribution in [0.15, 0.2) is 33.6 Å². The summed E-state index contributed by atoms with van der Waals surface area (Å²) in [6.07, 6.45) is 3.78. The van der Waals surface area contributed by atoms with Gasteiger partial charge in [0.05, 0.1) is 15.8 Å². The third kappa shape index (κ3) is 4.39. The Labute approximate surface area is 170 Å². The normalized spacial score (nSPS) is 23.8. The number of hydrogen-bond donors (Lipinski definition) is 3. The smallest absolute Gasteiger partial charge is 0.408 e. The van der Waals surface area contributed by atoms with Crippen LogP contribution < -0.4 is 16.8 Å². The Morgan fingerprint density at radius 2 is 2.32 bits per heavy atom. The number of nitrogens with two attached hydrogens (primary N) is 1. The van der Waals surface area contributed by atoms with Crippen molar-refractivity contribution in [1.29, 1.82) is 0 Å². The number of anilines is 1. The van der Waals surface area contributed by atoms with Crippen molar-refractivity contribution in [3.05, 3.63) is 34.9 Å². The second-order valence-corrected chi connectivity index (χ2v) is 8.93. The van der Waals surface area contributed by atoms with Crippen LogP contribution in [0.4, 0.5) is 9.52 Å². The van der Waals surface area contributed by atoms with Crippen LogP contribution in [-0.4, -0.2) is 34.1 Å². The molecule has 2 heterocycles. The Morgan fingerprint density at radius 3 is 3.14 bits per heavy atom. The molecule has 28 heavy (non-hydrogen) atoms. The quantitative estimate of drug-likeness (QED) is 0.517. The Bertz CT molecular complexity index is 1000. The predicted molar refractivity (Wildman–Crippen MR) is 111 cm³/mol. The highest BCUT2D eigenvalue weighted by Crippen LogP contribution is 2.33. The second-order valence-electron chi connectivity index (χ2n) is 7.34. The molecule has 0 spiro atoms. The van der Waals surface area contributed by atoms with E-state index in [-0.39, 0.29) is 17.3 Å². The lowest BCUT2D eigenvalue weighted by Gasteiger charge is -2.29. The number of benzene rings is 1. The van der Waals surface area contributed by atoms with Gasteiger partial charge in [0.2, 0.25) is 0 Å². The third-order valence-corrected chi connectivity index (χ3v) is 6.66. The summed E-state index contributed by atoms with van der Waals surface area (Å²) in [4.78, 5) is 19.3. The van der Waals surface area contributed by atoms with Gasteiger partial charge in [-0.3, -0.25) is 4.98 Å². The van der Waals surface area contributed by atoms with Crippen molar-refractivity contribution in [3.8, 4) is 10.4 Å². The van der Waals surface area contributed by atoms with Gasteiger partial charge in [-0.05, 0) is 49.3 Å². The van der Waals surface area contributed by atoms with E-state index in [0.717, 1.165) is 34.8 Å². The summed E-state index contributed by atoms with van der Waals surface area (Å²) in [5.41, 5.74) is 8.34. The number of aromatic amines is 1. The van der Waals surface area contributed by atoms with Crippen LogP contribution in [0.1, 0.15) is 25.7 Å². The molecule has 1 saturated carbocycles. The van der Waals surface area contributed by atoms with Gasteiger partial charge in [-0.2, -0.15) is 0 Å². The van der Waals surface area contributed by atoms with Crippen molar-refractivity contribution in [2.24, 2.45) is 11.7 Å². The highest BCUT2D eigenvalue weighted by Gasteiger charge is 2.29. The van der Waals surface area contributed by atoms with Crippen LogP contribution in [0, 0.1) is 5.92 Å². The van der Waals surface area contributed by atoms with Gasteiger partial charge in [0.15, 0.2) is 10.7 Å². The van der Waals surface area contributed by atoms with Crippen molar-refractivity contribution in [2.75, 3.05) is 11.9 Å². The zero-order chi connectivity index (χ0) is 19.7. The molecule has 1 aromatic carbocycles. The fourth-order valence-corrected chi connectivity index (χ4v) is 4.74. The molecular weight excluding hydrogens is 403 g/mol. The predicted octanol–water partition coefficient (Wildman–Crippen LogP) is 4.12. The summed E-state index contributed by atoms with van der Waals surface area (Å²) in [7, 11) is 0. The number of nitrogens with zero attached hydrogens (tertiary/aromatic N) is 1. The molecule has 4 rings (SSSR count). The molecule has 2 unspecified atom stereocenters. The fraction of sp³-hybridized carbons (Fsp3) is 0.474. The monoisotopic (exact) mass is 424 g/mol. The Kier molecular flexibility index (Phi) is 5.70. The van der Waals surface area contributed by atoms with Crippen LogP contribution in [0.5, 0.6) is 0 Å². The summed E-state index contributed by atoms with van der Waals surface area (Å²) in [6, 6.07) is 5.47. The summed E-state index contributed by atoms with van der Waals surface area (Å²) < 4.78 is 18.9. The zero-order valence-corrected chi connectivity index (χ0v) is 16.7. The Balaban J connectivity index is 1.33. The van der Waals surface area contributed by atoms with E-state index >= 15 is 0 Å². The van der Waals surface area contributed by atoms with Crippen LogP contribution in [0.25, 0.3) is 21.5 Å². The summed E-state index contributed by atoms with van der Waals surface area (Å²) in [5, 5.41) is 3.69. The van der Waals surface area contributed by atoms with Crippen LogP contribution in [0.3, 0.4) is 0 Å². The Morgan fingerprint density at radius 1 is 1.46 bits per heavy atom. The van der Waals surface area contributed by atoms with Gasteiger partial charge in [-0.15, -0.1) is 11.6 Å². The zero-order valence-electron chi connectivity index (χ0n) is 15.2. The number of halogens is 2. The number of hydrogen-bond acceptors (Lipinski definition) is 6. The van der Waals surface area contributed by atoms with Crippen molar-refractivity contribution < 1.29 is 8.81 Å². The highest BCUT2D eigenvalue weighted by atomic mass is 35.5. The van der Waals surface area contributed by atoms with Crippen molar-refractivity contribution >= 4 is 39.2 Å². The average Bonchev–Trinajstić information content (AvgIpc) is 3.28. The molecule has 1 aliphatic rings. The molecule has 9 heteroatoms. The SMILES string of the molecule is N[C@H](CNc1ncc(-c2ccc3[nH]c(=O)oc3c2)s1)CC1CC[C@@H](Cl)C(F)C1. The first-order chi connectivity index (χ1) is 13.5. The number of thiazole rings is 1. The van der Waals surface area contributed by atoms with E-state index in [4.69, 9.17) is 21.8 Å². The largest absolute Gasteiger partial charge is 0.417 e. The van der Waals surface area contributed by atoms with Crippen LogP contribution >= 0.6 is 22.9 Å². The van der Waals surface area contributed by atoms with E-state index in [9.17, 15) is 9.18 Å². The molecule has 2 aromatic heterocycles. The molecule has 1 fully saturated rings. The number of rotatable bonds is 6. The van der Waals surface area contributed by atoms with E-state index in [1.54, 1.807) is 6.20 Å². The lowest BCUT2D eigenvalue weighted by atomic mass is 9.83. The minimum Gasteiger partial charge on any atom is -0.408 e. The van der Waals surface area contributed by atoms with Gasteiger partial charge in [-0.25, -0.2) is 14.2 Å². The van der Waals surface area contributed by atoms with Crippen LogP contribution in [0.2, 0.25) is 0 Å². The van der Waals surface area contributed by atoms with Crippen molar-refractivity contribution in [2.45, 2.75) is 43.3 Å². The minimum absolute atomic E-state index is 0.0677. The van der Waals surface area contributed by atoms with Gasteiger partial charge in [0.1, 0.15) is 6.17 Å². The fourth-order valence-electron chi connectivity index (χ4n) is 3.69. The number of oxazole rings is 1. The van der Waals surface area contributed by atoms with E-state index in [0.29, 0.717) is 24.1 Å². The standard InChI is InChI=1S/C19H22ClFN4O2S/c20-13-3-1-10(6-14(13)21)5-12(22)8-23-18-24-9-17(28-18)11-2-4-15-16(7-11)27-19(26)25-15/h2,4,7,9-10,12-14H,1,3,5-6,8,22H2,(H,23,24)(H,25,26)/t10?,12-,13+,14?/m0/s1.